The SMILES string of the molecule is C[C@H]([C@H]1O[C@H]1[C@H](O)C(C)(C)O)[C@@H]1CC[C@]2(C)C3=CC[C@@H]4C(C)(C)[C@@H](O)CC[C@]4(C)[C@H]3CC[C@@]12C. The van der Waals surface area contributed by atoms with Crippen LogP contribution in [0.5, 0.6) is 0 Å². The molecule has 1 heterocycles. The number of rotatable bonds is 4. The summed E-state index contributed by atoms with van der Waals surface area (Å²) in [5.74, 6) is 2.12. The van der Waals surface area contributed by atoms with Crippen molar-refractivity contribution < 1.29 is 20.1 Å². The Morgan fingerprint density at radius 1 is 1.00 bits per heavy atom. The standard InChI is InChI=1S/C30H50O4/c1-17(23-24(34-23)25(32)27(4,5)33)18-11-15-30(8)20-9-10-21-26(2,3)22(31)13-14-28(21,6)19(20)12-16-29(18,30)7/h9,17-19,21-25,31-33H,10-16H2,1-8H3/t17-,18-,19-,21+,22-,23+,24+,25-,28+,29-,30+/m0/s1. The fourth-order valence-electron chi connectivity index (χ4n) is 10.0. The van der Waals surface area contributed by atoms with Gasteiger partial charge in [-0.15, -0.1) is 0 Å². The second-order valence-electron chi connectivity index (χ2n) is 14.8. The summed E-state index contributed by atoms with van der Waals surface area (Å²) in [6.45, 7) is 17.9. The van der Waals surface area contributed by atoms with Crippen molar-refractivity contribution in [3.63, 3.8) is 0 Å². The fraction of sp³-hybridized carbons (Fsp3) is 0.933. The molecule has 0 spiro atoms. The first-order chi connectivity index (χ1) is 15.6. The molecule has 0 aromatic heterocycles. The van der Waals surface area contributed by atoms with Crippen molar-refractivity contribution in [1.82, 2.24) is 0 Å². The van der Waals surface area contributed by atoms with Crippen LogP contribution in [0.15, 0.2) is 11.6 Å². The van der Waals surface area contributed by atoms with Gasteiger partial charge in [-0.25, -0.2) is 0 Å². The van der Waals surface area contributed by atoms with Gasteiger partial charge >= 0.3 is 0 Å². The fourth-order valence-corrected chi connectivity index (χ4v) is 10.0. The van der Waals surface area contributed by atoms with E-state index in [9.17, 15) is 15.3 Å². The van der Waals surface area contributed by atoms with Crippen molar-refractivity contribution in [2.45, 2.75) is 130 Å². The maximum absolute atomic E-state index is 10.8. The molecule has 194 valence electrons. The highest BCUT2D eigenvalue weighted by molar-refractivity contribution is 5.33. The number of ether oxygens (including phenoxy) is 1. The lowest BCUT2D eigenvalue weighted by Gasteiger charge is -2.64. The van der Waals surface area contributed by atoms with Gasteiger partial charge in [0.25, 0.3) is 0 Å². The molecule has 0 amide bonds. The molecule has 1 saturated heterocycles. The van der Waals surface area contributed by atoms with Crippen LogP contribution in [0.4, 0.5) is 0 Å². The van der Waals surface area contributed by atoms with Crippen LogP contribution in [0.3, 0.4) is 0 Å². The van der Waals surface area contributed by atoms with Gasteiger partial charge in [-0.3, -0.25) is 0 Å². The van der Waals surface area contributed by atoms with Crippen molar-refractivity contribution in [2.75, 3.05) is 0 Å². The van der Waals surface area contributed by atoms with Gasteiger partial charge in [-0.1, -0.05) is 53.2 Å². The Morgan fingerprint density at radius 3 is 2.32 bits per heavy atom. The van der Waals surface area contributed by atoms with E-state index in [0.717, 1.165) is 19.3 Å². The van der Waals surface area contributed by atoms with Crippen LogP contribution >= 0.6 is 0 Å². The zero-order chi connectivity index (χ0) is 25.1. The summed E-state index contributed by atoms with van der Waals surface area (Å²) >= 11 is 0. The molecule has 4 fully saturated rings. The lowest BCUT2D eigenvalue weighted by atomic mass is 9.41. The highest BCUT2D eigenvalue weighted by Gasteiger charge is 2.67. The summed E-state index contributed by atoms with van der Waals surface area (Å²) in [6, 6.07) is 0. The maximum Gasteiger partial charge on any atom is 0.113 e. The number of fused-ring (bicyclic) bond motifs is 5. The van der Waals surface area contributed by atoms with Gasteiger partial charge in [0, 0.05) is 0 Å². The number of hydrogen-bond acceptors (Lipinski definition) is 4. The monoisotopic (exact) mass is 474 g/mol. The minimum atomic E-state index is -1.13. The Hall–Kier alpha value is -0.420. The zero-order valence-electron chi connectivity index (χ0n) is 22.9. The lowest BCUT2D eigenvalue weighted by Crippen LogP contribution is -2.58. The highest BCUT2D eigenvalue weighted by atomic mass is 16.6. The van der Waals surface area contributed by atoms with Crippen LogP contribution < -0.4 is 0 Å². The Balaban J connectivity index is 1.41. The number of allylic oxidation sites excluding steroid dienone is 2. The molecule has 5 aliphatic rings. The molecule has 0 aromatic carbocycles. The van der Waals surface area contributed by atoms with Crippen LogP contribution in [0.25, 0.3) is 0 Å². The van der Waals surface area contributed by atoms with Crippen LogP contribution in [0.1, 0.15) is 100 Å². The summed E-state index contributed by atoms with van der Waals surface area (Å²) in [7, 11) is 0. The third-order valence-electron chi connectivity index (χ3n) is 12.6. The predicted octanol–water partition coefficient (Wildman–Crippen LogP) is 5.49. The van der Waals surface area contributed by atoms with E-state index in [0.29, 0.717) is 23.7 Å². The average Bonchev–Trinajstić information content (AvgIpc) is 3.48. The van der Waals surface area contributed by atoms with Gasteiger partial charge in [0.2, 0.25) is 0 Å². The van der Waals surface area contributed by atoms with E-state index in [4.69, 9.17) is 4.74 Å². The van der Waals surface area contributed by atoms with Gasteiger partial charge in [0.15, 0.2) is 0 Å². The van der Waals surface area contributed by atoms with Crippen LogP contribution in [0, 0.1) is 45.3 Å². The minimum absolute atomic E-state index is 0.0247. The van der Waals surface area contributed by atoms with Crippen LogP contribution in [0.2, 0.25) is 0 Å². The Kier molecular flexibility index (Phi) is 5.61. The topological polar surface area (TPSA) is 73.2 Å². The summed E-state index contributed by atoms with van der Waals surface area (Å²) < 4.78 is 6.02. The van der Waals surface area contributed by atoms with E-state index >= 15 is 0 Å². The molecule has 4 nitrogen and oxygen atoms in total. The molecule has 34 heavy (non-hydrogen) atoms. The van der Waals surface area contributed by atoms with Crippen molar-refractivity contribution >= 4 is 0 Å². The normalized spacial score (nSPS) is 51.6. The van der Waals surface area contributed by atoms with Crippen molar-refractivity contribution in [3.05, 3.63) is 11.6 Å². The van der Waals surface area contributed by atoms with Crippen LogP contribution in [-0.4, -0.2) is 45.3 Å². The zero-order valence-corrected chi connectivity index (χ0v) is 22.9. The van der Waals surface area contributed by atoms with E-state index in [1.165, 1.54) is 25.7 Å². The molecule has 11 atom stereocenters. The number of aliphatic hydroxyl groups excluding tert-OH is 2. The Labute approximate surface area is 207 Å². The molecule has 3 saturated carbocycles. The molecule has 4 heteroatoms. The van der Waals surface area contributed by atoms with Gasteiger partial charge in [-0.05, 0) is 104 Å². The quantitative estimate of drug-likeness (QED) is 0.372. The van der Waals surface area contributed by atoms with Gasteiger partial charge in [-0.2, -0.15) is 0 Å². The van der Waals surface area contributed by atoms with E-state index < -0.39 is 11.7 Å². The molecule has 0 radical (unpaired) electrons. The van der Waals surface area contributed by atoms with E-state index in [1.54, 1.807) is 19.4 Å². The van der Waals surface area contributed by atoms with E-state index in [2.05, 4.69) is 47.6 Å². The maximum atomic E-state index is 10.8. The molecule has 0 aromatic rings. The van der Waals surface area contributed by atoms with E-state index in [1.807, 2.05) is 0 Å². The molecular weight excluding hydrogens is 424 g/mol. The average molecular weight is 475 g/mol. The second kappa shape index (κ2) is 7.55. The first kappa shape index (κ1) is 25.2. The Morgan fingerprint density at radius 2 is 1.68 bits per heavy atom. The van der Waals surface area contributed by atoms with Crippen molar-refractivity contribution in [3.8, 4) is 0 Å². The summed E-state index contributed by atoms with van der Waals surface area (Å²) in [4.78, 5) is 0. The molecule has 4 aliphatic carbocycles. The lowest BCUT2D eigenvalue weighted by molar-refractivity contribution is -0.131. The largest absolute Gasteiger partial charge is 0.393 e. The predicted molar refractivity (Wildman–Crippen MR) is 135 cm³/mol. The summed E-state index contributed by atoms with van der Waals surface area (Å²) in [5.41, 5.74) is 1.29. The van der Waals surface area contributed by atoms with Gasteiger partial charge in [0.05, 0.1) is 17.8 Å². The molecule has 5 rings (SSSR count). The van der Waals surface area contributed by atoms with Gasteiger partial charge < -0.3 is 20.1 Å². The smallest absolute Gasteiger partial charge is 0.113 e. The van der Waals surface area contributed by atoms with Gasteiger partial charge in [0.1, 0.15) is 12.2 Å². The first-order valence-corrected chi connectivity index (χ1v) is 14.0. The third kappa shape index (κ3) is 3.23. The summed E-state index contributed by atoms with van der Waals surface area (Å²) in [5, 5.41) is 31.7. The van der Waals surface area contributed by atoms with Crippen molar-refractivity contribution in [1.29, 1.82) is 0 Å². The number of aliphatic hydroxyl groups is 3. The molecule has 3 N–H and O–H groups in total. The number of hydrogen-bond donors (Lipinski definition) is 3. The third-order valence-corrected chi connectivity index (χ3v) is 12.6. The highest BCUT2D eigenvalue weighted by Crippen LogP contribution is 2.73. The molecule has 1 aliphatic heterocycles. The Bertz CT molecular complexity index is 856. The van der Waals surface area contributed by atoms with E-state index in [-0.39, 0.29) is 40.0 Å². The molecule has 0 bridgehead atoms. The minimum Gasteiger partial charge on any atom is -0.393 e. The number of epoxide rings is 1. The van der Waals surface area contributed by atoms with Crippen molar-refractivity contribution in [2.24, 2.45) is 45.3 Å². The second-order valence-corrected chi connectivity index (χ2v) is 14.8. The summed E-state index contributed by atoms with van der Waals surface area (Å²) in [6.07, 6.45) is 9.53. The first-order valence-electron chi connectivity index (χ1n) is 14.0. The molecular formula is C30H50O4. The molecule has 0 unspecified atom stereocenters. The van der Waals surface area contributed by atoms with Crippen LogP contribution in [-0.2, 0) is 4.74 Å².